The molecule has 1 aliphatic heterocycles. The number of halogens is 2. The Morgan fingerprint density at radius 3 is 2.31 bits per heavy atom. The topological polar surface area (TPSA) is 49.4 Å². The summed E-state index contributed by atoms with van der Waals surface area (Å²) in [7, 11) is -3.76. The van der Waals surface area contributed by atoms with E-state index in [4.69, 9.17) is 0 Å². The number of sulfonamides is 1. The predicted octanol–water partition coefficient (Wildman–Crippen LogP) is 4.71. The van der Waals surface area contributed by atoms with Gasteiger partial charge in [0.15, 0.2) is 0 Å². The molecular weight excluding hydrogens is 394 g/mol. The molecule has 1 aliphatic rings. The van der Waals surface area contributed by atoms with Gasteiger partial charge in [0.2, 0.25) is 0 Å². The number of hydrogen-bond acceptors (Lipinski definition) is 3. The van der Waals surface area contributed by atoms with Crippen LogP contribution in [0.2, 0.25) is 0 Å². The SMILES string of the molecule is CCCN1CCC(c2ccc(NS(=O)(=O)c3ccc(C(CF)CF)cc3)cc2)C1. The van der Waals surface area contributed by atoms with E-state index in [2.05, 4.69) is 16.5 Å². The zero-order valence-corrected chi connectivity index (χ0v) is 17.5. The van der Waals surface area contributed by atoms with Crippen molar-refractivity contribution in [3.8, 4) is 0 Å². The van der Waals surface area contributed by atoms with E-state index in [0.717, 1.165) is 32.5 Å². The van der Waals surface area contributed by atoms with Crippen molar-refractivity contribution in [3.63, 3.8) is 0 Å². The Balaban J connectivity index is 1.66. The molecule has 0 aliphatic carbocycles. The summed E-state index contributed by atoms with van der Waals surface area (Å²) >= 11 is 0. The minimum atomic E-state index is -3.76. The summed E-state index contributed by atoms with van der Waals surface area (Å²) in [5, 5.41) is 0. The lowest BCUT2D eigenvalue weighted by Crippen LogP contribution is -2.20. The Morgan fingerprint density at radius 2 is 1.72 bits per heavy atom. The number of benzene rings is 2. The fraction of sp³-hybridized carbons (Fsp3) is 0.455. The number of anilines is 1. The van der Waals surface area contributed by atoms with Crippen molar-refractivity contribution in [1.82, 2.24) is 4.90 Å². The lowest BCUT2D eigenvalue weighted by Gasteiger charge is -2.15. The second kappa shape index (κ2) is 9.67. The Labute approximate surface area is 172 Å². The number of alkyl halides is 2. The molecule has 1 saturated heterocycles. The summed E-state index contributed by atoms with van der Waals surface area (Å²) in [6.07, 6.45) is 2.27. The maximum absolute atomic E-state index is 12.8. The molecule has 0 bridgehead atoms. The monoisotopic (exact) mass is 422 g/mol. The van der Waals surface area contributed by atoms with Crippen LogP contribution in [0.3, 0.4) is 0 Å². The van der Waals surface area contributed by atoms with Gasteiger partial charge in [-0.05, 0) is 67.2 Å². The summed E-state index contributed by atoms with van der Waals surface area (Å²) in [5.41, 5.74) is 2.16. The molecule has 4 nitrogen and oxygen atoms in total. The van der Waals surface area contributed by atoms with Crippen molar-refractivity contribution in [2.75, 3.05) is 37.7 Å². The highest BCUT2D eigenvalue weighted by Crippen LogP contribution is 2.28. The highest BCUT2D eigenvalue weighted by atomic mass is 32.2. The molecule has 0 saturated carbocycles. The first kappa shape index (κ1) is 21.7. The third kappa shape index (κ3) is 5.34. The number of rotatable bonds is 9. The van der Waals surface area contributed by atoms with Crippen molar-refractivity contribution >= 4 is 15.7 Å². The smallest absolute Gasteiger partial charge is 0.261 e. The maximum atomic E-state index is 12.8. The van der Waals surface area contributed by atoms with E-state index in [-0.39, 0.29) is 4.90 Å². The van der Waals surface area contributed by atoms with Crippen molar-refractivity contribution < 1.29 is 17.2 Å². The average molecular weight is 423 g/mol. The van der Waals surface area contributed by atoms with Crippen LogP contribution >= 0.6 is 0 Å². The van der Waals surface area contributed by atoms with Gasteiger partial charge in [-0.1, -0.05) is 31.2 Å². The summed E-state index contributed by atoms with van der Waals surface area (Å²) < 4.78 is 53.4. The van der Waals surface area contributed by atoms with Crippen LogP contribution in [0.25, 0.3) is 0 Å². The normalized spacial score (nSPS) is 17.7. The first-order valence-corrected chi connectivity index (χ1v) is 11.5. The van der Waals surface area contributed by atoms with Gasteiger partial charge >= 0.3 is 0 Å². The summed E-state index contributed by atoms with van der Waals surface area (Å²) in [6.45, 7) is 3.82. The van der Waals surface area contributed by atoms with Crippen LogP contribution in [0.15, 0.2) is 53.4 Å². The number of hydrogen-bond donors (Lipinski definition) is 1. The zero-order chi connectivity index (χ0) is 20.9. The van der Waals surface area contributed by atoms with E-state index >= 15 is 0 Å². The van der Waals surface area contributed by atoms with Gasteiger partial charge in [0.05, 0.1) is 18.2 Å². The summed E-state index contributed by atoms with van der Waals surface area (Å²) in [5.74, 6) is -0.366. The van der Waals surface area contributed by atoms with Crippen molar-refractivity contribution in [2.24, 2.45) is 0 Å². The van der Waals surface area contributed by atoms with E-state index in [9.17, 15) is 17.2 Å². The molecule has 7 heteroatoms. The quantitative estimate of drug-likeness (QED) is 0.637. The number of nitrogens with one attached hydrogen (secondary N) is 1. The van der Waals surface area contributed by atoms with E-state index in [1.165, 1.54) is 29.8 Å². The largest absolute Gasteiger partial charge is 0.303 e. The number of nitrogens with zero attached hydrogens (tertiary/aromatic N) is 1. The molecule has 1 N–H and O–H groups in total. The first-order valence-electron chi connectivity index (χ1n) is 10.0. The van der Waals surface area contributed by atoms with Crippen molar-refractivity contribution in [1.29, 1.82) is 0 Å². The molecular formula is C22H28F2N2O2S. The molecule has 1 fully saturated rings. The lowest BCUT2D eigenvalue weighted by atomic mass is 9.98. The fourth-order valence-corrected chi connectivity index (χ4v) is 4.86. The molecule has 158 valence electrons. The fourth-order valence-electron chi connectivity index (χ4n) is 3.80. The third-order valence-electron chi connectivity index (χ3n) is 5.48. The van der Waals surface area contributed by atoms with E-state index in [0.29, 0.717) is 17.2 Å². The van der Waals surface area contributed by atoms with E-state index < -0.39 is 29.3 Å². The number of likely N-dealkylation sites (tertiary alicyclic amines) is 1. The van der Waals surface area contributed by atoms with Crippen LogP contribution < -0.4 is 4.72 Å². The van der Waals surface area contributed by atoms with Crippen LogP contribution in [-0.2, 0) is 10.0 Å². The van der Waals surface area contributed by atoms with Gasteiger partial charge in [0, 0.05) is 18.2 Å². The first-order chi connectivity index (χ1) is 14.0. The minimum Gasteiger partial charge on any atom is -0.303 e. The van der Waals surface area contributed by atoms with Gasteiger partial charge in [-0.3, -0.25) is 13.5 Å². The molecule has 2 aromatic rings. The van der Waals surface area contributed by atoms with Crippen LogP contribution in [-0.4, -0.2) is 46.3 Å². The Hall–Kier alpha value is -1.99. The van der Waals surface area contributed by atoms with Crippen LogP contribution in [0.4, 0.5) is 14.5 Å². The Bertz CT molecular complexity index is 882. The van der Waals surface area contributed by atoms with Gasteiger partial charge in [0.25, 0.3) is 10.0 Å². The second-order valence-corrected chi connectivity index (χ2v) is 9.27. The van der Waals surface area contributed by atoms with Gasteiger partial charge in [0.1, 0.15) is 0 Å². The molecule has 1 heterocycles. The molecule has 1 atom stereocenters. The molecule has 1 unspecified atom stereocenters. The zero-order valence-electron chi connectivity index (χ0n) is 16.7. The van der Waals surface area contributed by atoms with Crippen LogP contribution in [0, 0.1) is 0 Å². The Morgan fingerprint density at radius 1 is 1.07 bits per heavy atom. The predicted molar refractivity (Wildman–Crippen MR) is 112 cm³/mol. The highest BCUT2D eigenvalue weighted by Gasteiger charge is 2.23. The van der Waals surface area contributed by atoms with Crippen molar-refractivity contribution in [3.05, 3.63) is 59.7 Å². The average Bonchev–Trinajstić information content (AvgIpc) is 3.19. The minimum absolute atomic E-state index is 0.0628. The summed E-state index contributed by atoms with van der Waals surface area (Å²) in [4.78, 5) is 2.52. The highest BCUT2D eigenvalue weighted by molar-refractivity contribution is 7.92. The third-order valence-corrected chi connectivity index (χ3v) is 6.88. The van der Waals surface area contributed by atoms with Gasteiger partial charge in [-0.15, -0.1) is 0 Å². The van der Waals surface area contributed by atoms with Gasteiger partial charge in [-0.25, -0.2) is 8.42 Å². The van der Waals surface area contributed by atoms with Crippen LogP contribution in [0.5, 0.6) is 0 Å². The van der Waals surface area contributed by atoms with Gasteiger partial charge < -0.3 is 4.90 Å². The second-order valence-electron chi connectivity index (χ2n) is 7.59. The molecule has 3 rings (SSSR count). The molecule has 2 aromatic carbocycles. The standard InChI is InChI=1S/C22H28F2N2O2S/c1-2-12-26-13-11-19(16-26)17-3-7-21(8-4-17)25-29(27,28)22-9-5-18(6-10-22)20(14-23)15-24/h3-10,19-20,25H,2,11-16H2,1H3. The van der Waals surface area contributed by atoms with E-state index in [1.807, 2.05) is 12.1 Å². The molecule has 0 spiro atoms. The van der Waals surface area contributed by atoms with Gasteiger partial charge in [-0.2, -0.15) is 0 Å². The summed E-state index contributed by atoms with van der Waals surface area (Å²) in [6, 6.07) is 13.2. The maximum Gasteiger partial charge on any atom is 0.261 e. The van der Waals surface area contributed by atoms with Crippen molar-refractivity contribution in [2.45, 2.75) is 36.5 Å². The Kier molecular flexibility index (Phi) is 7.24. The van der Waals surface area contributed by atoms with Crippen LogP contribution in [0.1, 0.15) is 42.7 Å². The van der Waals surface area contributed by atoms with E-state index in [1.54, 1.807) is 12.1 Å². The molecule has 0 radical (unpaired) electrons. The lowest BCUT2D eigenvalue weighted by molar-refractivity contribution is 0.335. The molecule has 29 heavy (non-hydrogen) atoms. The molecule has 0 amide bonds. The molecule has 0 aromatic heterocycles.